The predicted molar refractivity (Wildman–Crippen MR) is 59.8 cm³/mol. The number of aromatic nitrogens is 3. The topological polar surface area (TPSA) is 47.8 Å². The van der Waals surface area contributed by atoms with Crippen molar-refractivity contribution in [3.8, 4) is 0 Å². The first-order chi connectivity index (χ1) is 8.56. The number of nitrogens with zero attached hydrogens (tertiary/aromatic N) is 3. The van der Waals surface area contributed by atoms with Crippen LogP contribution in [0.2, 0.25) is 0 Å². The molecule has 0 aliphatic rings. The Kier molecular flexibility index (Phi) is 3.45. The van der Waals surface area contributed by atoms with Crippen LogP contribution in [0.15, 0.2) is 24.4 Å². The summed E-state index contributed by atoms with van der Waals surface area (Å²) >= 11 is 0. The van der Waals surface area contributed by atoms with Crippen molar-refractivity contribution in [2.75, 3.05) is 0 Å². The van der Waals surface area contributed by atoms with E-state index in [1.54, 1.807) is 13.2 Å². The van der Waals surface area contributed by atoms with Crippen LogP contribution in [0.4, 0.5) is 8.78 Å². The highest BCUT2D eigenvalue weighted by Crippen LogP contribution is 2.12. The largest absolute Gasteiger partial charge is 0.299 e. The molecule has 1 aromatic carbocycles. The van der Waals surface area contributed by atoms with Crippen LogP contribution >= 0.6 is 0 Å². The normalized spacial score (nSPS) is 10.6. The minimum absolute atomic E-state index is 0.0592. The van der Waals surface area contributed by atoms with Crippen LogP contribution < -0.4 is 0 Å². The van der Waals surface area contributed by atoms with Crippen LogP contribution in [0.25, 0.3) is 0 Å². The predicted octanol–water partition coefficient (Wildman–Crippen LogP) is 1.45. The lowest BCUT2D eigenvalue weighted by Crippen LogP contribution is -2.09. The zero-order valence-electron chi connectivity index (χ0n) is 9.73. The molecule has 0 N–H and O–H groups in total. The van der Waals surface area contributed by atoms with Gasteiger partial charge in [0.25, 0.3) is 0 Å². The van der Waals surface area contributed by atoms with Crippen LogP contribution in [-0.4, -0.2) is 20.8 Å². The molecule has 0 bridgehead atoms. The highest BCUT2D eigenvalue weighted by atomic mass is 19.2. The number of rotatable bonds is 4. The summed E-state index contributed by atoms with van der Waals surface area (Å²) in [7, 11) is 1.69. The third-order valence-electron chi connectivity index (χ3n) is 2.45. The van der Waals surface area contributed by atoms with Crippen molar-refractivity contribution >= 4 is 5.78 Å². The van der Waals surface area contributed by atoms with E-state index in [1.165, 1.54) is 16.8 Å². The van der Waals surface area contributed by atoms with Crippen molar-refractivity contribution < 1.29 is 13.6 Å². The van der Waals surface area contributed by atoms with Crippen molar-refractivity contribution in [1.29, 1.82) is 0 Å². The molecule has 0 fully saturated rings. The minimum Gasteiger partial charge on any atom is -0.299 e. The van der Waals surface area contributed by atoms with Crippen LogP contribution in [0.3, 0.4) is 0 Å². The zero-order valence-corrected chi connectivity index (χ0v) is 9.73. The summed E-state index contributed by atoms with van der Waals surface area (Å²) < 4.78 is 27.8. The number of halogens is 2. The molecule has 0 radical (unpaired) electrons. The fourth-order valence-electron chi connectivity index (χ4n) is 1.64. The second kappa shape index (κ2) is 5.03. The minimum atomic E-state index is -0.968. The molecule has 0 spiro atoms. The van der Waals surface area contributed by atoms with Crippen molar-refractivity contribution in [3.63, 3.8) is 0 Å². The van der Waals surface area contributed by atoms with Gasteiger partial charge in [0.2, 0.25) is 0 Å². The number of aryl methyl sites for hydroxylation is 1. The quantitative estimate of drug-likeness (QED) is 0.826. The Hall–Kier alpha value is -2.11. The van der Waals surface area contributed by atoms with Gasteiger partial charge in [-0.15, -0.1) is 5.10 Å². The highest BCUT2D eigenvalue weighted by Gasteiger charge is 2.13. The number of carbonyl (C=O) groups excluding carboxylic acids is 1. The average molecular weight is 251 g/mol. The first-order valence-corrected chi connectivity index (χ1v) is 5.36. The van der Waals surface area contributed by atoms with Gasteiger partial charge in [-0.05, 0) is 11.6 Å². The lowest BCUT2D eigenvalue weighted by Gasteiger charge is -2.02. The Balaban J connectivity index is 2.05. The molecule has 94 valence electrons. The standard InChI is InChI=1S/C12H11F2N3O/c1-17-7-9(15-16-17)6-10(18)5-8-3-2-4-11(13)12(8)14/h2-4,7H,5-6H2,1H3. The highest BCUT2D eigenvalue weighted by molar-refractivity contribution is 5.82. The molecule has 0 aliphatic carbocycles. The fourth-order valence-corrected chi connectivity index (χ4v) is 1.64. The maximum atomic E-state index is 13.3. The molecule has 1 aromatic heterocycles. The molecule has 0 aliphatic heterocycles. The van der Waals surface area contributed by atoms with Gasteiger partial charge in [-0.2, -0.15) is 0 Å². The molecule has 6 heteroatoms. The molecule has 2 aromatic rings. The number of Topliss-reactive ketones (excluding diaryl/α,β-unsaturated/α-hetero) is 1. The summed E-state index contributed by atoms with van der Waals surface area (Å²) in [4.78, 5) is 11.7. The van der Waals surface area contributed by atoms with Gasteiger partial charge in [0.1, 0.15) is 5.78 Å². The fraction of sp³-hybridized carbons (Fsp3) is 0.250. The van der Waals surface area contributed by atoms with Crippen LogP contribution in [0.1, 0.15) is 11.3 Å². The number of carbonyl (C=O) groups is 1. The number of hydrogen-bond donors (Lipinski definition) is 0. The Morgan fingerprint density at radius 1 is 1.33 bits per heavy atom. The molecule has 1 heterocycles. The summed E-state index contributed by atoms with van der Waals surface area (Å²) in [6.45, 7) is 0. The summed E-state index contributed by atoms with van der Waals surface area (Å²) in [6.07, 6.45) is 1.52. The summed E-state index contributed by atoms with van der Waals surface area (Å²) in [5, 5.41) is 7.45. The van der Waals surface area contributed by atoms with Gasteiger partial charge in [0.15, 0.2) is 11.6 Å². The maximum absolute atomic E-state index is 13.3. The first-order valence-electron chi connectivity index (χ1n) is 5.36. The van der Waals surface area contributed by atoms with E-state index in [9.17, 15) is 13.6 Å². The SMILES string of the molecule is Cn1cc(CC(=O)Cc2cccc(F)c2F)nn1. The van der Waals surface area contributed by atoms with Crippen molar-refractivity contribution in [2.24, 2.45) is 7.05 Å². The van der Waals surface area contributed by atoms with E-state index in [1.807, 2.05) is 0 Å². The van der Waals surface area contributed by atoms with Crippen molar-refractivity contribution in [3.05, 3.63) is 47.3 Å². The second-order valence-electron chi connectivity index (χ2n) is 3.99. The average Bonchev–Trinajstić information content (AvgIpc) is 2.70. The smallest absolute Gasteiger partial charge is 0.162 e. The molecule has 0 unspecified atom stereocenters. The van der Waals surface area contributed by atoms with E-state index in [-0.39, 0.29) is 24.2 Å². The molecule has 0 amide bonds. The summed E-state index contributed by atoms with van der Waals surface area (Å²) in [5.41, 5.74) is 0.572. The molecule has 0 saturated carbocycles. The van der Waals surface area contributed by atoms with Gasteiger partial charge in [-0.25, -0.2) is 8.78 Å². The first kappa shape index (κ1) is 12.3. The van der Waals surface area contributed by atoms with Gasteiger partial charge < -0.3 is 0 Å². The number of ketones is 1. The molecule has 18 heavy (non-hydrogen) atoms. The summed E-state index contributed by atoms with van der Waals surface area (Å²) in [5.74, 6) is -2.15. The molecule has 4 nitrogen and oxygen atoms in total. The van der Waals surface area contributed by atoms with Crippen LogP contribution in [-0.2, 0) is 24.7 Å². The van der Waals surface area contributed by atoms with Gasteiger partial charge in [0.05, 0.1) is 12.1 Å². The van der Waals surface area contributed by atoms with E-state index in [2.05, 4.69) is 10.3 Å². The van der Waals surface area contributed by atoms with Gasteiger partial charge in [-0.1, -0.05) is 17.3 Å². The Bertz CT molecular complexity index is 580. The Morgan fingerprint density at radius 2 is 2.11 bits per heavy atom. The monoisotopic (exact) mass is 251 g/mol. The van der Waals surface area contributed by atoms with Gasteiger partial charge >= 0.3 is 0 Å². The van der Waals surface area contributed by atoms with E-state index in [0.29, 0.717) is 5.69 Å². The third-order valence-corrected chi connectivity index (χ3v) is 2.45. The van der Waals surface area contributed by atoms with Crippen molar-refractivity contribution in [2.45, 2.75) is 12.8 Å². The molecule has 0 saturated heterocycles. The van der Waals surface area contributed by atoms with E-state index in [0.717, 1.165) is 6.07 Å². The molecule has 2 rings (SSSR count). The lowest BCUT2D eigenvalue weighted by atomic mass is 10.1. The molecule has 0 atom stereocenters. The van der Waals surface area contributed by atoms with Crippen molar-refractivity contribution in [1.82, 2.24) is 15.0 Å². The number of hydrogen-bond acceptors (Lipinski definition) is 3. The maximum Gasteiger partial charge on any atom is 0.162 e. The molecular weight excluding hydrogens is 240 g/mol. The lowest BCUT2D eigenvalue weighted by molar-refractivity contribution is -0.117. The number of benzene rings is 1. The second-order valence-corrected chi connectivity index (χ2v) is 3.99. The molecular formula is C12H11F2N3O. The Labute approximate surface area is 102 Å². The van der Waals surface area contributed by atoms with Gasteiger partial charge in [0, 0.05) is 19.7 Å². The zero-order chi connectivity index (χ0) is 13.1. The third kappa shape index (κ3) is 2.77. The van der Waals surface area contributed by atoms with Crippen LogP contribution in [0, 0.1) is 11.6 Å². The Morgan fingerprint density at radius 3 is 2.78 bits per heavy atom. The van der Waals surface area contributed by atoms with Gasteiger partial charge in [-0.3, -0.25) is 9.48 Å². The van der Waals surface area contributed by atoms with E-state index in [4.69, 9.17) is 0 Å². The van der Waals surface area contributed by atoms with Crippen LogP contribution in [0.5, 0.6) is 0 Å². The van der Waals surface area contributed by atoms with E-state index >= 15 is 0 Å². The summed E-state index contributed by atoms with van der Waals surface area (Å²) in [6, 6.07) is 3.79. The van der Waals surface area contributed by atoms with E-state index < -0.39 is 11.6 Å².